The van der Waals surface area contributed by atoms with Gasteiger partial charge in [-0.15, -0.1) is 24.8 Å². The van der Waals surface area contributed by atoms with Crippen molar-refractivity contribution in [3.05, 3.63) is 30.5 Å². The first kappa shape index (κ1) is 13.8. The zero-order valence-corrected chi connectivity index (χ0v) is 9.77. The maximum Gasteiger partial charge on any atom is 0.129 e. The van der Waals surface area contributed by atoms with Gasteiger partial charge in [0.1, 0.15) is 5.75 Å². The van der Waals surface area contributed by atoms with Crippen LogP contribution in [-0.2, 0) is 0 Å². The van der Waals surface area contributed by atoms with Gasteiger partial charge in [-0.1, -0.05) is 0 Å². The van der Waals surface area contributed by atoms with Gasteiger partial charge in [-0.05, 0) is 24.3 Å². The van der Waals surface area contributed by atoms with E-state index >= 15 is 0 Å². The van der Waals surface area contributed by atoms with Gasteiger partial charge in [0, 0.05) is 17.3 Å². The molecule has 1 heterocycles. The molecule has 0 saturated carbocycles. The number of fused-ring (bicyclic) bond motifs is 1. The molecule has 1 aromatic heterocycles. The lowest BCUT2D eigenvalue weighted by atomic mass is 10.2. The van der Waals surface area contributed by atoms with E-state index in [1.54, 1.807) is 13.3 Å². The molecule has 2 N–H and O–H groups in total. The van der Waals surface area contributed by atoms with Gasteiger partial charge in [0.2, 0.25) is 0 Å². The van der Waals surface area contributed by atoms with E-state index in [2.05, 4.69) is 4.98 Å². The molecule has 5 heteroatoms. The quantitative estimate of drug-likeness (QED) is 0.788. The summed E-state index contributed by atoms with van der Waals surface area (Å²) in [6.45, 7) is 0. The molecule has 0 saturated heterocycles. The lowest BCUT2D eigenvalue weighted by Gasteiger charge is -2.04. The third-order valence-corrected chi connectivity index (χ3v) is 1.95. The minimum atomic E-state index is 0. The number of hydrogen-bond acceptors (Lipinski definition) is 3. The Morgan fingerprint density at radius 1 is 1.20 bits per heavy atom. The Labute approximate surface area is 100 Å². The molecule has 0 aliphatic carbocycles. The first-order valence-corrected chi connectivity index (χ1v) is 3.99. The van der Waals surface area contributed by atoms with E-state index in [0.29, 0.717) is 0 Å². The predicted molar refractivity (Wildman–Crippen MR) is 67.2 cm³/mol. The summed E-state index contributed by atoms with van der Waals surface area (Å²) in [5.41, 5.74) is 7.28. The average Bonchev–Trinajstić information content (AvgIpc) is 2.17. The molecule has 0 amide bonds. The van der Waals surface area contributed by atoms with E-state index in [-0.39, 0.29) is 24.8 Å². The maximum absolute atomic E-state index is 5.66. The van der Waals surface area contributed by atoms with Crippen LogP contribution in [0.5, 0.6) is 5.75 Å². The third-order valence-electron chi connectivity index (χ3n) is 1.95. The summed E-state index contributed by atoms with van der Waals surface area (Å²) in [5, 5.41) is 0.949. The van der Waals surface area contributed by atoms with Crippen molar-refractivity contribution in [2.45, 2.75) is 0 Å². The van der Waals surface area contributed by atoms with Crippen LogP contribution in [0.3, 0.4) is 0 Å². The number of hydrogen-bond donors (Lipinski definition) is 1. The van der Waals surface area contributed by atoms with Crippen LogP contribution in [0.25, 0.3) is 10.9 Å². The Morgan fingerprint density at radius 3 is 2.60 bits per heavy atom. The second-order valence-electron chi connectivity index (χ2n) is 2.79. The van der Waals surface area contributed by atoms with Gasteiger partial charge in [0.15, 0.2) is 0 Å². The van der Waals surface area contributed by atoms with Crippen molar-refractivity contribution in [2.75, 3.05) is 12.8 Å². The molecule has 0 spiro atoms. The SMILES string of the molecule is COc1ccnc2ccc(N)cc12.Cl.Cl. The van der Waals surface area contributed by atoms with Gasteiger partial charge >= 0.3 is 0 Å². The van der Waals surface area contributed by atoms with E-state index in [1.807, 2.05) is 24.3 Å². The zero-order chi connectivity index (χ0) is 9.26. The molecule has 0 atom stereocenters. The van der Waals surface area contributed by atoms with E-state index in [1.165, 1.54) is 0 Å². The molecule has 0 bridgehead atoms. The highest BCUT2D eigenvalue weighted by Crippen LogP contribution is 2.24. The van der Waals surface area contributed by atoms with E-state index in [0.717, 1.165) is 22.3 Å². The Bertz CT molecular complexity index is 448. The van der Waals surface area contributed by atoms with Crippen molar-refractivity contribution in [3.63, 3.8) is 0 Å². The smallest absolute Gasteiger partial charge is 0.129 e. The molecular formula is C10H12Cl2N2O. The highest BCUT2D eigenvalue weighted by Gasteiger charge is 2.00. The normalized spacial score (nSPS) is 8.87. The molecule has 0 aliphatic heterocycles. The van der Waals surface area contributed by atoms with Crippen molar-refractivity contribution < 1.29 is 4.74 Å². The molecular weight excluding hydrogens is 235 g/mol. The van der Waals surface area contributed by atoms with E-state index in [9.17, 15) is 0 Å². The molecule has 15 heavy (non-hydrogen) atoms. The van der Waals surface area contributed by atoms with Crippen LogP contribution in [0.2, 0.25) is 0 Å². The molecule has 1 aromatic carbocycles. The second-order valence-corrected chi connectivity index (χ2v) is 2.79. The molecule has 2 aromatic rings. The van der Waals surface area contributed by atoms with Crippen molar-refractivity contribution in [1.82, 2.24) is 4.98 Å². The fourth-order valence-corrected chi connectivity index (χ4v) is 1.32. The van der Waals surface area contributed by atoms with Crippen molar-refractivity contribution >= 4 is 41.4 Å². The lowest BCUT2D eigenvalue weighted by Crippen LogP contribution is -1.89. The highest BCUT2D eigenvalue weighted by molar-refractivity contribution is 5.87. The van der Waals surface area contributed by atoms with Crippen LogP contribution < -0.4 is 10.5 Å². The molecule has 0 unspecified atom stereocenters. The van der Waals surface area contributed by atoms with Gasteiger partial charge in [0.25, 0.3) is 0 Å². The van der Waals surface area contributed by atoms with Gasteiger partial charge in [-0.25, -0.2) is 0 Å². The summed E-state index contributed by atoms with van der Waals surface area (Å²) in [6.07, 6.45) is 1.72. The standard InChI is InChI=1S/C10H10N2O.2ClH/c1-13-10-4-5-12-9-3-2-7(11)6-8(9)10;;/h2-6H,11H2,1H3;2*1H. The molecule has 0 radical (unpaired) electrons. The third kappa shape index (κ3) is 2.64. The second kappa shape index (κ2) is 5.63. The number of rotatable bonds is 1. The number of aromatic nitrogens is 1. The van der Waals surface area contributed by atoms with Crippen LogP contribution >= 0.6 is 24.8 Å². The molecule has 2 rings (SSSR count). The summed E-state index contributed by atoms with van der Waals surface area (Å²) in [5.74, 6) is 0.803. The zero-order valence-electron chi connectivity index (χ0n) is 8.14. The Morgan fingerprint density at radius 2 is 1.93 bits per heavy atom. The number of halogens is 2. The summed E-state index contributed by atoms with van der Waals surface area (Å²) < 4.78 is 5.19. The minimum Gasteiger partial charge on any atom is -0.496 e. The summed E-state index contributed by atoms with van der Waals surface area (Å²) in [4.78, 5) is 4.20. The van der Waals surface area contributed by atoms with Crippen LogP contribution in [-0.4, -0.2) is 12.1 Å². The maximum atomic E-state index is 5.66. The Kier molecular flexibility index (Phi) is 5.19. The van der Waals surface area contributed by atoms with E-state index in [4.69, 9.17) is 10.5 Å². The fraction of sp³-hybridized carbons (Fsp3) is 0.100. The number of nitrogen functional groups attached to an aromatic ring is 1. The van der Waals surface area contributed by atoms with Crippen LogP contribution in [0.1, 0.15) is 0 Å². The van der Waals surface area contributed by atoms with E-state index < -0.39 is 0 Å². The molecule has 82 valence electrons. The molecule has 3 nitrogen and oxygen atoms in total. The summed E-state index contributed by atoms with van der Waals surface area (Å²) in [6, 6.07) is 7.39. The molecule has 0 fully saturated rings. The van der Waals surface area contributed by atoms with Crippen LogP contribution in [0, 0.1) is 0 Å². The van der Waals surface area contributed by atoms with Gasteiger partial charge in [0.05, 0.1) is 12.6 Å². The van der Waals surface area contributed by atoms with Crippen LogP contribution in [0.4, 0.5) is 5.69 Å². The summed E-state index contributed by atoms with van der Waals surface area (Å²) >= 11 is 0. The lowest BCUT2D eigenvalue weighted by molar-refractivity contribution is 0.419. The van der Waals surface area contributed by atoms with Crippen molar-refractivity contribution in [1.29, 1.82) is 0 Å². The number of ether oxygens (including phenoxy) is 1. The number of nitrogens with two attached hydrogens (primary N) is 1. The topological polar surface area (TPSA) is 48.1 Å². The molecule has 0 aliphatic rings. The fourth-order valence-electron chi connectivity index (χ4n) is 1.32. The monoisotopic (exact) mass is 246 g/mol. The number of pyridine rings is 1. The number of benzene rings is 1. The van der Waals surface area contributed by atoms with Gasteiger partial charge < -0.3 is 10.5 Å². The van der Waals surface area contributed by atoms with Crippen LogP contribution in [0.15, 0.2) is 30.5 Å². The van der Waals surface area contributed by atoms with Crippen molar-refractivity contribution in [2.24, 2.45) is 0 Å². The minimum absolute atomic E-state index is 0. The average molecular weight is 247 g/mol. The first-order chi connectivity index (χ1) is 6.31. The number of nitrogens with zero attached hydrogens (tertiary/aromatic N) is 1. The Hall–Kier alpha value is -1.19. The predicted octanol–water partition coefficient (Wildman–Crippen LogP) is 2.67. The Balaban J connectivity index is 0.000000980. The number of methoxy groups -OCH3 is 1. The largest absolute Gasteiger partial charge is 0.496 e. The van der Waals surface area contributed by atoms with Gasteiger partial charge in [-0.2, -0.15) is 0 Å². The highest BCUT2D eigenvalue weighted by atomic mass is 35.5. The number of anilines is 1. The van der Waals surface area contributed by atoms with Gasteiger partial charge in [-0.3, -0.25) is 4.98 Å². The summed E-state index contributed by atoms with van der Waals surface area (Å²) in [7, 11) is 1.64. The van der Waals surface area contributed by atoms with Crippen molar-refractivity contribution in [3.8, 4) is 5.75 Å². The first-order valence-electron chi connectivity index (χ1n) is 3.99.